The van der Waals surface area contributed by atoms with Crippen LogP contribution in [0.3, 0.4) is 0 Å². The second-order valence-electron chi connectivity index (χ2n) is 17.7. The highest BCUT2D eigenvalue weighted by molar-refractivity contribution is 6.74. The molecule has 0 aromatic rings. The maximum atomic E-state index is 13.1. The van der Waals surface area contributed by atoms with Crippen LogP contribution in [0.1, 0.15) is 139 Å². The lowest BCUT2D eigenvalue weighted by Crippen LogP contribution is -2.61. The molecule has 55 heavy (non-hydrogen) atoms. The first-order valence-electron chi connectivity index (χ1n) is 20.7. The minimum atomic E-state index is -2.12. The number of aliphatic hydroxyl groups excluding tert-OH is 2. The average molecular weight is 807 g/mol. The summed E-state index contributed by atoms with van der Waals surface area (Å²) in [6.45, 7) is 21.9. The van der Waals surface area contributed by atoms with Gasteiger partial charge in [-0.3, -0.25) is 9.59 Å². The largest absolute Gasteiger partial charge is 0.455 e. The normalized spacial score (nSPS) is 30.7. The molecule has 3 rings (SSSR count). The van der Waals surface area contributed by atoms with Crippen LogP contribution in [0.25, 0.3) is 0 Å². The second-order valence-corrected chi connectivity index (χ2v) is 22.5. The molecule has 0 bridgehead atoms. The lowest BCUT2D eigenvalue weighted by atomic mass is 9.98. The number of hydrogen-bond acceptors (Lipinski definition) is 14. The van der Waals surface area contributed by atoms with Gasteiger partial charge in [-0.15, -0.1) is 0 Å². The first kappa shape index (κ1) is 48.1. The summed E-state index contributed by atoms with van der Waals surface area (Å²) >= 11 is 0. The molecule has 0 saturated carbocycles. The van der Waals surface area contributed by atoms with Gasteiger partial charge in [0.2, 0.25) is 6.29 Å². The minimum absolute atomic E-state index is 0.00117. The van der Waals surface area contributed by atoms with Gasteiger partial charge in [0.1, 0.15) is 43.2 Å². The van der Waals surface area contributed by atoms with Crippen molar-refractivity contribution < 1.29 is 67.2 Å². The molecule has 0 aromatic heterocycles. The monoisotopic (exact) mass is 806 g/mol. The second kappa shape index (κ2) is 21.7. The van der Waals surface area contributed by atoms with Crippen molar-refractivity contribution in [2.75, 3.05) is 19.8 Å². The molecule has 0 aromatic carbocycles. The molecule has 0 amide bonds. The molecule has 0 unspecified atom stereocenters. The maximum absolute atomic E-state index is 13.1. The van der Waals surface area contributed by atoms with Crippen LogP contribution in [0.15, 0.2) is 0 Å². The van der Waals surface area contributed by atoms with E-state index >= 15 is 0 Å². The summed E-state index contributed by atoms with van der Waals surface area (Å²) in [5, 5.41) is 21.3. The molecule has 14 nitrogen and oxygen atoms in total. The van der Waals surface area contributed by atoms with Crippen molar-refractivity contribution in [1.29, 1.82) is 0 Å². The Balaban J connectivity index is 1.76. The van der Waals surface area contributed by atoms with Crippen molar-refractivity contribution in [2.45, 2.75) is 224 Å². The maximum Gasteiger partial charge on any atom is 0.306 e. The first-order chi connectivity index (χ1) is 25.7. The number of ether oxygens (including phenoxy) is 7. The summed E-state index contributed by atoms with van der Waals surface area (Å²) in [5.41, 5.74) is 0. The van der Waals surface area contributed by atoms with Crippen molar-refractivity contribution in [2.24, 2.45) is 0 Å². The molecule has 3 heterocycles. The van der Waals surface area contributed by atoms with Gasteiger partial charge in [-0.05, 0) is 58.7 Å². The highest BCUT2D eigenvalue weighted by atomic mass is 28.4. The smallest absolute Gasteiger partial charge is 0.306 e. The van der Waals surface area contributed by atoms with Crippen LogP contribution < -0.4 is 0 Å². The predicted octanol–water partition coefficient (Wildman–Crippen LogP) is 6.62. The van der Waals surface area contributed by atoms with E-state index in [0.29, 0.717) is 19.4 Å². The van der Waals surface area contributed by atoms with Gasteiger partial charge in [-0.25, -0.2) is 9.78 Å². The van der Waals surface area contributed by atoms with Crippen molar-refractivity contribution in [3.05, 3.63) is 0 Å². The van der Waals surface area contributed by atoms with E-state index in [2.05, 4.69) is 47.7 Å². The molecule has 3 saturated heterocycles. The molecule has 322 valence electrons. The van der Waals surface area contributed by atoms with Gasteiger partial charge in [-0.2, -0.15) is 0 Å². The van der Waals surface area contributed by atoms with Crippen LogP contribution in [0, 0.1) is 0 Å². The zero-order chi connectivity index (χ0) is 41.0. The van der Waals surface area contributed by atoms with Crippen molar-refractivity contribution >= 4 is 20.3 Å². The number of carbonyl (C=O) groups is 2. The minimum Gasteiger partial charge on any atom is -0.455 e. The van der Waals surface area contributed by atoms with Crippen LogP contribution in [0.5, 0.6) is 0 Å². The van der Waals surface area contributed by atoms with Crippen LogP contribution in [-0.4, -0.2) is 117 Å². The van der Waals surface area contributed by atoms with Crippen molar-refractivity contribution in [1.82, 2.24) is 0 Å². The molecular formula is C40H74O14Si. The third-order valence-electron chi connectivity index (χ3n) is 10.9. The quantitative estimate of drug-likeness (QED) is 0.0372. The topological polar surface area (TPSA) is 167 Å². The molecule has 2 N–H and O–H groups in total. The fourth-order valence-electron chi connectivity index (χ4n) is 6.77. The van der Waals surface area contributed by atoms with E-state index in [0.717, 1.165) is 51.4 Å². The third kappa shape index (κ3) is 14.8. The molecule has 9 atom stereocenters. The van der Waals surface area contributed by atoms with Crippen LogP contribution in [0.4, 0.5) is 0 Å². The van der Waals surface area contributed by atoms with E-state index in [-0.39, 0.29) is 24.5 Å². The van der Waals surface area contributed by atoms with E-state index in [9.17, 15) is 19.8 Å². The van der Waals surface area contributed by atoms with E-state index in [1.165, 1.54) is 0 Å². The Morgan fingerprint density at radius 3 is 1.64 bits per heavy atom. The lowest BCUT2D eigenvalue weighted by Gasteiger charge is -2.42. The van der Waals surface area contributed by atoms with E-state index in [1.807, 2.05) is 13.8 Å². The van der Waals surface area contributed by atoms with Gasteiger partial charge in [0, 0.05) is 12.8 Å². The summed E-state index contributed by atoms with van der Waals surface area (Å²) in [6, 6.07) is 0. The summed E-state index contributed by atoms with van der Waals surface area (Å²) < 4.78 is 49.4. The number of esters is 2. The molecule has 0 radical (unpaired) electrons. The van der Waals surface area contributed by atoms with Crippen LogP contribution in [0.2, 0.25) is 18.1 Å². The fourth-order valence-corrected chi connectivity index (χ4v) is 7.78. The lowest BCUT2D eigenvalue weighted by molar-refractivity contribution is -0.429. The van der Waals surface area contributed by atoms with Crippen LogP contribution in [-0.2, 0) is 56.9 Å². The highest BCUT2D eigenvalue weighted by Crippen LogP contribution is 2.41. The molecule has 3 fully saturated rings. The summed E-state index contributed by atoms with van der Waals surface area (Å²) in [6.07, 6.45) is 0.128. The Hall–Kier alpha value is -1.24. The summed E-state index contributed by atoms with van der Waals surface area (Å²) in [5.74, 6) is -3.03. The predicted molar refractivity (Wildman–Crippen MR) is 206 cm³/mol. The third-order valence-corrected chi connectivity index (χ3v) is 15.4. The van der Waals surface area contributed by atoms with Gasteiger partial charge in [0.05, 0.1) is 13.2 Å². The van der Waals surface area contributed by atoms with Gasteiger partial charge < -0.3 is 47.8 Å². The fraction of sp³-hybridized carbons (Fsp3) is 0.950. The standard InChI is InChI=1S/C40H74O14Si/c1-12-14-16-18-20-22-30(42)48-35-32(44)27(24-41)47-37(36(35)49-31(43)23-21-19-17-15-13-2)54-45-25-28-33(52-39(6,7)50-28)34-29(51-40(8,9)53-34)26-46-55(10,11)38(3,4)5/h27-29,32-37,41,44H,12-26H2,1-11H3/t27-,28-,29-,32-,33-,34-,35+,36+,37+/m1/s1. The zero-order valence-electron chi connectivity index (χ0n) is 35.6. The molecule has 3 aliphatic heterocycles. The van der Waals surface area contributed by atoms with E-state index < -0.39 is 93.6 Å². The Morgan fingerprint density at radius 2 is 1.16 bits per heavy atom. The van der Waals surface area contributed by atoms with E-state index in [4.69, 9.17) is 47.4 Å². The van der Waals surface area contributed by atoms with Gasteiger partial charge in [-0.1, -0.05) is 86.0 Å². The summed E-state index contributed by atoms with van der Waals surface area (Å²) in [7, 11) is -2.12. The molecule has 3 aliphatic rings. The van der Waals surface area contributed by atoms with Gasteiger partial charge >= 0.3 is 11.9 Å². The molecule has 0 spiro atoms. The first-order valence-corrected chi connectivity index (χ1v) is 23.6. The Bertz CT molecular complexity index is 1160. The average Bonchev–Trinajstić information content (AvgIpc) is 3.58. The summed E-state index contributed by atoms with van der Waals surface area (Å²) in [4.78, 5) is 37.7. The Morgan fingerprint density at radius 1 is 0.691 bits per heavy atom. The molecule has 0 aliphatic carbocycles. The number of unbranched alkanes of at least 4 members (excludes halogenated alkanes) is 8. The van der Waals surface area contributed by atoms with E-state index in [1.54, 1.807) is 13.8 Å². The van der Waals surface area contributed by atoms with Gasteiger partial charge in [0.25, 0.3) is 0 Å². The van der Waals surface area contributed by atoms with Crippen molar-refractivity contribution in [3.8, 4) is 0 Å². The molecular weight excluding hydrogens is 733 g/mol. The molecule has 15 heteroatoms. The number of aliphatic hydroxyl groups is 2. The Kier molecular flexibility index (Phi) is 19.0. The zero-order valence-corrected chi connectivity index (χ0v) is 36.6. The number of hydrogen-bond donors (Lipinski definition) is 2. The number of rotatable bonds is 23. The number of carbonyl (C=O) groups excluding carboxylic acids is 2. The Labute approximate surface area is 330 Å². The van der Waals surface area contributed by atoms with Gasteiger partial charge in [0.15, 0.2) is 32.1 Å². The van der Waals surface area contributed by atoms with Crippen molar-refractivity contribution in [3.63, 3.8) is 0 Å². The highest BCUT2D eigenvalue weighted by Gasteiger charge is 2.55. The van der Waals surface area contributed by atoms with Crippen LogP contribution >= 0.6 is 0 Å². The SMILES string of the molecule is CCCCCCCC(=O)O[C@@H]1[C@H](OOC[C@H]2OC(C)(C)O[C@H]2[C@@H]2OC(C)(C)O[C@@H]2CO[Si](C)(C)C(C)(C)C)O[C@H](CO)[C@@H](O)[C@@H]1OC(=O)CCCCCCC.